The van der Waals surface area contributed by atoms with E-state index in [9.17, 15) is 14.4 Å². The minimum Gasteiger partial charge on any atom is -0.273 e. The molecule has 0 spiro atoms. The fourth-order valence-electron chi connectivity index (χ4n) is 3.45. The molecule has 1 heterocycles. The number of aryl methyl sites for hydroxylation is 1. The molecule has 3 aromatic rings. The van der Waals surface area contributed by atoms with Crippen LogP contribution in [0.2, 0.25) is 5.02 Å². The summed E-state index contributed by atoms with van der Waals surface area (Å²) in [5, 5.41) is 2.90. The van der Waals surface area contributed by atoms with Crippen LogP contribution in [-0.4, -0.2) is 17.8 Å². The normalized spacial score (nSPS) is 15.3. The Bertz CT molecular complexity index is 1270. The summed E-state index contributed by atoms with van der Waals surface area (Å²) in [7, 11) is 0. The average Bonchev–Trinajstić information content (AvgIpc) is 2.75. The van der Waals surface area contributed by atoms with Gasteiger partial charge in [-0.05, 0) is 66.4 Å². The predicted molar refractivity (Wildman–Crippen MR) is 129 cm³/mol. The highest BCUT2D eigenvalue weighted by Gasteiger charge is 2.36. The maximum absolute atomic E-state index is 13.2. The Morgan fingerprint density at radius 2 is 1.69 bits per heavy atom. The van der Waals surface area contributed by atoms with E-state index in [4.69, 9.17) is 11.6 Å². The Morgan fingerprint density at radius 1 is 0.969 bits per heavy atom. The standard InChI is InChI=1S/C25H18BrClN2O3/c1-15-6-10-20(11-7-15)29-24(31)21(23(30)28-25(29)32)14-18-13-19(26)9-8-16(18)12-17-4-2-3-5-22(17)27/h2-11,13-14H,12H2,1H3,(H,28,30,32)/b21-14+. The number of urea groups is 1. The first-order valence-corrected chi connectivity index (χ1v) is 11.0. The molecule has 1 fully saturated rings. The maximum Gasteiger partial charge on any atom is 0.335 e. The fraction of sp³-hybridized carbons (Fsp3) is 0.0800. The number of nitrogens with zero attached hydrogens (tertiary/aromatic N) is 1. The number of hydrogen-bond donors (Lipinski definition) is 1. The van der Waals surface area contributed by atoms with Gasteiger partial charge in [0.05, 0.1) is 5.69 Å². The summed E-state index contributed by atoms with van der Waals surface area (Å²) in [5.41, 5.74) is 3.74. The number of carbonyl (C=O) groups excluding carboxylic acids is 3. The molecule has 0 unspecified atom stereocenters. The number of hydrogen-bond acceptors (Lipinski definition) is 3. The number of nitrogens with one attached hydrogen (secondary N) is 1. The van der Waals surface area contributed by atoms with Crippen molar-refractivity contribution in [2.24, 2.45) is 0 Å². The summed E-state index contributed by atoms with van der Waals surface area (Å²) in [6.45, 7) is 1.91. The van der Waals surface area contributed by atoms with Crippen LogP contribution in [0.4, 0.5) is 10.5 Å². The molecule has 0 radical (unpaired) electrons. The number of halogens is 2. The Balaban J connectivity index is 1.75. The zero-order valence-electron chi connectivity index (χ0n) is 17.1. The van der Waals surface area contributed by atoms with Crippen molar-refractivity contribution in [3.63, 3.8) is 0 Å². The first kappa shape index (κ1) is 22.0. The SMILES string of the molecule is Cc1ccc(N2C(=O)NC(=O)/C(=C\c3cc(Br)ccc3Cc3ccccc3Cl)C2=O)cc1. The van der Waals surface area contributed by atoms with Crippen molar-refractivity contribution in [3.8, 4) is 0 Å². The molecule has 160 valence electrons. The molecule has 0 bridgehead atoms. The van der Waals surface area contributed by atoms with Gasteiger partial charge in [-0.2, -0.15) is 0 Å². The highest BCUT2D eigenvalue weighted by Crippen LogP contribution is 2.27. The van der Waals surface area contributed by atoms with Gasteiger partial charge in [-0.15, -0.1) is 0 Å². The third-order valence-corrected chi connectivity index (χ3v) is 6.00. The lowest BCUT2D eigenvalue weighted by Gasteiger charge is -2.26. The third kappa shape index (κ3) is 4.52. The Morgan fingerprint density at radius 3 is 2.41 bits per heavy atom. The van der Waals surface area contributed by atoms with Gasteiger partial charge in [0.15, 0.2) is 0 Å². The van der Waals surface area contributed by atoms with Gasteiger partial charge in [-0.1, -0.05) is 69.5 Å². The summed E-state index contributed by atoms with van der Waals surface area (Å²) in [6, 6.07) is 19.3. The fourth-order valence-corrected chi connectivity index (χ4v) is 4.03. The van der Waals surface area contributed by atoms with E-state index in [1.807, 2.05) is 49.4 Å². The van der Waals surface area contributed by atoms with Crippen LogP contribution in [0.25, 0.3) is 6.08 Å². The molecule has 4 rings (SSSR count). The largest absolute Gasteiger partial charge is 0.335 e. The predicted octanol–water partition coefficient (Wildman–Crippen LogP) is 5.67. The first-order chi connectivity index (χ1) is 15.3. The molecular formula is C25H18BrClN2O3. The van der Waals surface area contributed by atoms with Crippen molar-refractivity contribution in [1.82, 2.24) is 5.32 Å². The number of anilines is 1. The molecule has 0 aliphatic carbocycles. The van der Waals surface area contributed by atoms with Crippen LogP contribution in [-0.2, 0) is 16.0 Å². The second-order valence-electron chi connectivity index (χ2n) is 7.40. The van der Waals surface area contributed by atoms with Crippen molar-refractivity contribution < 1.29 is 14.4 Å². The third-order valence-electron chi connectivity index (χ3n) is 5.14. The molecule has 1 saturated heterocycles. The molecule has 1 aliphatic rings. The van der Waals surface area contributed by atoms with Crippen molar-refractivity contribution >= 4 is 57.1 Å². The van der Waals surface area contributed by atoms with Crippen molar-refractivity contribution in [1.29, 1.82) is 0 Å². The van der Waals surface area contributed by atoms with Gasteiger partial charge in [0, 0.05) is 9.50 Å². The van der Waals surface area contributed by atoms with Gasteiger partial charge in [0.25, 0.3) is 11.8 Å². The summed E-state index contributed by atoms with van der Waals surface area (Å²) < 4.78 is 0.794. The van der Waals surface area contributed by atoms with Gasteiger partial charge in [0.2, 0.25) is 0 Å². The number of amides is 4. The maximum atomic E-state index is 13.2. The van der Waals surface area contributed by atoms with Crippen LogP contribution >= 0.6 is 27.5 Å². The summed E-state index contributed by atoms with van der Waals surface area (Å²) >= 11 is 9.77. The van der Waals surface area contributed by atoms with E-state index in [-0.39, 0.29) is 5.57 Å². The number of imide groups is 2. The molecule has 5 nitrogen and oxygen atoms in total. The van der Waals surface area contributed by atoms with E-state index in [1.165, 1.54) is 6.08 Å². The summed E-state index contributed by atoms with van der Waals surface area (Å²) in [5.74, 6) is -1.40. The first-order valence-electron chi connectivity index (χ1n) is 9.83. The lowest BCUT2D eigenvalue weighted by Crippen LogP contribution is -2.54. The quantitative estimate of drug-likeness (QED) is 0.364. The zero-order chi connectivity index (χ0) is 22.8. The monoisotopic (exact) mass is 508 g/mol. The van der Waals surface area contributed by atoms with E-state index in [0.717, 1.165) is 26.1 Å². The van der Waals surface area contributed by atoms with Crippen LogP contribution in [0.3, 0.4) is 0 Å². The van der Waals surface area contributed by atoms with Crippen molar-refractivity contribution in [2.75, 3.05) is 4.90 Å². The van der Waals surface area contributed by atoms with Gasteiger partial charge in [-0.3, -0.25) is 14.9 Å². The lowest BCUT2D eigenvalue weighted by atomic mass is 9.97. The summed E-state index contributed by atoms with van der Waals surface area (Å²) in [4.78, 5) is 39.2. The zero-order valence-corrected chi connectivity index (χ0v) is 19.4. The van der Waals surface area contributed by atoms with Crippen LogP contribution in [0.1, 0.15) is 22.3 Å². The number of rotatable bonds is 4. The Kier molecular flexibility index (Phi) is 6.26. The minimum absolute atomic E-state index is 0.122. The van der Waals surface area contributed by atoms with Crippen LogP contribution < -0.4 is 10.2 Å². The highest BCUT2D eigenvalue weighted by atomic mass is 79.9. The molecule has 1 aliphatic heterocycles. The second kappa shape index (κ2) is 9.10. The van der Waals surface area contributed by atoms with Crippen LogP contribution in [0.5, 0.6) is 0 Å². The smallest absolute Gasteiger partial charge is 0.273 e. The molecule has 0 saturated carbocycles. The van der Waals surface area contributed by atoms with E-state index in [1.54, 1.807) is 24.3 Å². The van der Waals surface area contributed by atoms with Gasteiger partial charge in [0.1, 0.15) is 5.57 Å². The van der Waals surface area contributed by atoms with Crippen molar-refractivity contribution in [3.05, 3.63) is 104 Å². The molecule has 3 aromatic carbocycles. The van der Waals surface area contributed by atoms with E-state index >= 15 is 0 Å². The second-order valence-corrected chi connectivity index (χ2v) is 8.73. The molecule has 4 amide bonds. The van der Waals surface area contributed by atoms with E-state index in [0.29, 0.717) is 22.7 Å². The lowest BCUT2D eigenvalue weighted by molar-refractivity contribution is -0.122. The average molecular weight is 510 g/mol. The number of benzene rings is 3. The van der Waals surface area contributed by atoms with Crippen LogP contribution in [0, 0.1) is 6.92 Å². The molecule has 7 heteroatoms. The highest BCUT2D eigenvalue weighted by molar-refractivity contribution is 9.10. The molecule has 0 aromatic heterocycles. The minimum atomic E-state index is -0.772. The molecular weight excluding hydrogens is 492 g/mol. The summed E-state index contributed by atoms with van der Waals surface area (Å²) in [6.07, 6.45) is 2.03. The number of carbonyl (C=O) groups is 3. The molecule has 32 heavy (non-hydrogen) atoms. The van der Waals surface area contributed by atoms with Gasteiger partial charge in [-0.25, -0.2) is 9.69 Å². The number of barbiturate groups is 1. The Hall–Kier alpha value is -3.22. The topological polar surface area (TPSA) is 66.5 Å². The molecule has 1 N–H and O–H groups in total. The van der Waals surface area contributed by atoms with Crippen LogP contribution in [0.15, 0.2) is 76.8 Å². The Labute approximate surface area is 198 Å². The van der Waals surface area contributed by atoms with E-state index < -0.39 is 17.8 Å². The van der Waals surface area contributed by atoms with Crippen molar-refractivity contribution in [2.45, 2.75) is 13.3 Å². The van der Waals surface area contributed by atoms with Gasteiger partial charge < -0.3 is 0 Å². The van der Waals surface area contributed by atoms with Gasteiger partial charge >= 0.3 is 6.03 Å². The molecule has 0 atom stereocenters. The van der Waals surface area contributed by atoms with E-state index in [2.05, 4.69) is 21.2 Å².